The van der Waals surface area contributed by atoms with Gasteiger partial charge in [0.2, 0.25) is 0 Å². The summed E-state index contributed by atoms with van der Waals surface area (Å²) in [5.41, 5.74) is 1.71. The Morgan fingerprint density at radius 3 is 2.83 bits per heavy atom. The highest BCUT2D eigenvalue weighted by atomic mass is 35.5. The predicted octanol–water partition coefficient (Wildman–Crippen LogP) is 2.61. The summed E-state index contributed by atoms with van der Waals surface area (Å²) >= 11 is 12.2. The molecule has 0 aromatic heterocycles. The summed E-state index contributed by atoms with van der Waals surface area (Å²) in [6.07, 6.45) is 0.581. The summed E-state index contributed by atoms with van der Waals surface area (Å²) in [6.45, 7) is 0. The van der Waals surface area contributed by atoms with Gasteiger partial charge in [-0.05, 0) is 25.6 Å². The van der Waals surface area contributed by atoms with Crippen molar-refractivity contribution in [2.45, 2.75) is 18.5 Å². The number of esters is 1. The van der Waals surface area contributed by atoms with Crippen LogP contribution in [-0.2, 0) is 9.53 Å². The number of fused-ring (bicyclic) bond motifs is 1. The number of hydrogen-bond acceptors (Lipinski definition) is 4. The lowest BCUT2D eigenvalue weighted by molar-refractivity contribution is -0.141. The lowest BCUT2D eigenvalue weighted by atomic mass is 9.93. The van der Waals surface area contributed by atoms with Crippen molar-refractivity contribution >= 4 is 34.9 Å². The number of carbonyl (C=O) groups is 1. The molecular formula is C12H14Cl2N2O2. The fourth-order valence-electron chi connectivity index (χ4n) is 2.22. The van der Waals surface area contributed by atoms with Gasteiger partial charge < -0.3 is 15.4 Å². The van der Waals surface area contributed by atoms with E-state index in [4.69, 9.17) is 27.9 Å². The third-order valence-corrected chi connectivity index (χ3v) is 3.61. The van der Waals surface area contributed by atoms with Crippen LogP contribution in [0.15, 0.2) is 12.1 Å². The average molecular weight is 289 g/mol. The minimum Gasteiger partial charge on any atom is -0.467 e. The van der Waals surface area contributed by atoms with Crippen molar-refractivity contribution in [1.82, 2.24) is 5.32 Å². The quantitative estimate of drug-likeness (QED) is 0.822. The highest BCUT2D eigenvalue weighted by Crippen LogP contribution is 2.39. The Balaban J connectivity index is 2.42. The molecule has 0 aliphatic carbocycles. The predicted molar refractivity (Wildman–Crippen MR) is 72.3 cm³/mol. The second-order valence-corrected chi connectivity index (χ2v) is 4.99. The lowest BCUT2D eigenvalue weighted by Crippen LogP contribution is -2.39. The van der Waals surface area contributed by atoms with Crippen molar-refractivity contribution < 1.29 is 9.53 Å². The van der Waals surface area contributed by atoms with Crippen LogP contribution in [0, 0.1) is 0 Å². The van der Waals surface area contributed by atoms with Gasteiger partial charge in [-0.3, -0.25) is 0 Å². The van der Waals surface area contributed by atoms with Crippen LogP contribution >= 0.6 is 23.2 Å². The SMILES string of the molecule is CN[C@H]1C[C@H](C(=O)OC)Nc2cc(Cl)cc(Cl)c21. The Hall–Kier alpha value is -0.970. The molecule has 6 heteroatoms. The Labute approximate surface area is 116 Å². The average Bonchev–Trinajstić information content (AvgIpc) is 2.35. The summed E-state index contributed by atoms with van der Waals surface area (Å²) in [6, 6.07) is 3.07. The van der Waals surface area contributed by atoms with Gasteiger partial charge in [0.1, 0.15) is 6.04 Å². The van der Waals surface area contributed by atoms with Gasteiger partial charge in [0, 0.05) is 27.3 Å². The highest BCUT2D eigenvalue weighted by Gasteiger charge is 2.32. The van der Waals surface area contributed by atoms with Crippen molar-refractivity contribution in [2.75, 3.05) is 19.5 Å². The Bertz CT molecular complexity index is 479. The van der Waals surface area contributed by atoms with Crippen LogP contribution in [0.4, 0.5) is 5.69 Å². The van der Waals surface area contributed by atoms with Crippen LogP contribution in [0.3, 0.4) is 0 Å². The van der Waals surface area contributed by atoms with Crippen LogP contribution < -0.4 is 10.6 Å². The van der Waals surface area contributed by atoms with E-state index in [2.05, 4.69) is 10.6 Å². The van der Waals surface area contributed by atoms with Gasteiger partial charge in [-0.25, -0.2) is 4.79 Å². The van der Waals surface area contributed by atoms with E-state index in [9.17, 15) is 4.79 Å². The Morgan fingerprint density at radius 2 is 2.22 bits per heavy atom. The van der Waals surface area contributed by atoms with Gasteiger partial charge in [0.15, 0.2) is 0 Å². The molecule has 2 rings (SSSR count). The first-order chi connectivity index (χ1) is 8.56. The maximum atomic E-state index is 11.6. The Kier molecular flexibility index (Phi) is 4.00. The van der Waals surface area contributed by atoms with Gasteiger partial charge in [-0.1, -0.05) is 23.2 Å². The number of halogens is 2. The van der Waals surface area contributed by atoms with E-state index in [-0.39, 0.29) is 12.0 Å². The number of rotatable bonds is 2. The minimum absolute atomic E-state index is 0.00452. The summed E-state index contributed by atoms with van der Waals surface area (Å²) < 4.78 is 4.76. The zero-order valence-electron chi connectivity index (χ0n) is 10.1. The molecule has 1 aromatic rings. The van der Waals surface area contributed by atoms with Crippen LogP contribution in [0.5, 0.6) is 0 Å². The fraction of sp³-hybridized carbons (Fsp3) is 0.417. The number of methoxy groups -OCH3 is 1. The molecule has 4 nitrogen and oxygen atoms in total. The van der Waals surface area contributed by atoms with E-state index in [1.54, 1.807) is 12.1 Å². The summed E-state index contributed by atoms with van der Waals surface area (Å²) in [5.74, 6) is -0.294. The molecule has 2 N–H and O–H groups in total. The third-order valence-electron chi connectivity index (χ3n) is 3.08. The highest BCUT2D eigenvalue weighted by molar-refractivity contribution is 6.35. The van der Waals surface area contributed by atoms with Crippen molar-refractivity contribution in [3.8, 4) is 0 Å². The summed E-state index contributed by atoms with van der Waals surface area (Å²) in [4.78, 5) is 11.6. The first kappa shape index (κ1) is 13.5. The van der Waals surface area contributed by atoms with Crippen LogP contribution in [0.2, 0.25) is 10.0 Å². The molecule has 0 radical (unpaired) electrons. The van der Waals surface area contributed by atoms with E-state index < -0.39 is 6.04 Å². The topological polar surface area (TPSA) is 50.4 Å². The van der Waals surface area contributed by atoms with Crippen LogP contribution in [0.1, 0.15) is 18.0 Å². The fourth-order valence-corrected chi connectivity index (χ4v) is 2.84. The number of nitrogens with one attached hydrogen (secondary N) is 2. The van der Waals surface area contributed by atoms with Crippen molar-refractivity contribution in [1.29, 1.82) is 0 Å². The van der Waals surface area contributed by atoms with E-state index in [1.165, 1.54) is 7.11 Å². The van der Waals surface area contributed by atoms with Crippen molar-refractivity contribution in [3.63, 3.8) is 0 Å². The number of ether oxygens (including phenoxy) is 1. The molecule has 0 saturated carbocycles. The monoisotopic (exact) mass is 288 g/mol. The molecule has 0 bridgehead atoms. The normalized spacial score (nSPS) is 22.0. The van der Waals surface area contributed by atoms with Crippen LogP contribution in [0.25, 0.3) is 0 Å². The van der Waals surface area contributed by atoms with Crippen molar-refractivity contribution in [3.05, 3.63) is 27.7 Å². The molecule has 18 heavy (non-hydrogen) atoms. The number of carbonyl (C=O) groups excluding carboxylic acids is 1. The van der Waals surface area contributed by atoms with E-state index in [0.717, 1.165) is 11.3 Å². The first-order valence-corrected chi connectivity index (χ1v) is 6.33. The smallest absolute Gasteiger partial charge is 0.328 e. The molecule has 1 heterocycles. The van der Waals surface area contributed by atoms with E-state index in [1.807, 2.05) is 7.05 Å². The second kappa shape index (κ2) is 5.34. The molecule has 0 fully saturated rings. The number of benzene rings is 1. The minimum atomic E-state index is -0.394. The lowest BCUT2D eigenvalue weighted by Gasteiger charge is -2.32. The van der Waals surface area contributed by atoms with Gasteiger partial charge in [-0.2, -0.15) is 0 Å². The maximum absolute atomic E-state index is 11.6. The van der Waals surface area contributed by atoms with Gasteiger partial charge in [-0.15, -0.1) is 0 Å². The molecule has 1 aromatic carbocycles. The number of anilines is 1. The third kappa shape index (κ3) is 2.41. The van der Waals surface area contributed by atoms with Gasteiger partial charge >= 0.3 is 5.97 Å². The summed E-state index contributed by atoms with van der Waals surface area (Å²) in [7, 11) is 3.21. The molecular weight excluding hydrogens is 275 g/mol. The molecule has 0 spiro atoms. The number of hydrogen-bond donors (Lipinski definition) is 2. The van der Waals surface area contributed by atoms with Crippen LogP contribution in [-0.4, -0.2) is 26.2 Å². The molecule has 2 atom stereocenters. The standard InChI is InChI=1S/C12H14Cl2N2O2/c1-15-8-5-10(12(17)18-2)16-9-4-6(13)3-7(14)11(8)9/h3-4,8,10,15-16H,5H2,1-2H3/t8-,10+/m0/s1. The zero-order chi connectivity index (χ0) is 13.3. The molecule has 0 saturated heterocycles. The maximum Gasteiger partial charge on any atom is 0.328 e. The zero-order valence-corrected chi connectivity index (χ0v) is 11.6. The molecule has 0 amide bonds. The molecule has 98 valence electrons. The molecule has 0 unspecified atom stereocenters. The Morgan fingerprint density at radius 1 is 1.50 bits per heavy atom. The second-order valence-electron chi connectivity index (χ2n) is 4.15. The first-order valence-electron chi connectivity index (χ1n) is 5.57. The van der Waals surface area contributed by atoms with Gasteiger partial charge in [0.25, 0.3) is 0 Å². The van der Waals surface area contributed by atoms with E-state index in [0.29, 0.717) is 16.5 Å². The summed E-state index contributed by atoms with van der Waals surface area (Å²) in [5, 5.41) is 7.39. The molecule has 1 aliphatic heterocycles. The van der Waals surface area contributed by atoms with Gasteiger partial charge in [0.05, 0.1) is 7.11 Å². The molecule has 1 aliphatic rings. The van der Waals surface area contributed by atoms with Crippen molar-refractivity contribution in [2.24, 2.45) is 0 Å². The largest absolute Gasteiger partial charge is 0.467 e. The van der Waals surface area contributed by atoms with E-state index >= 15 is 0 Å².